The van der Waals surface area contributed by atoms with Crippen molar-refractivity contribution in [3.63, 3.8) is 0 Å². The molecule has 0 saturated carbocycles. The molecule has 0 atom stereocenters. The summed E-state index contributed by atoms with van der Waals surface area (Å²) in [6.07, 6.45) is 0. The van der Waals surface area contributed by atoms with E-state index in [2.05, 4.69) is 68.1 Å². The maximum absolute atomic E-state index is 4.27. The first-order valence-corrected chi connectivity index (χ1v) is 8.28. The Labute approximate surface area is 134 Å². The predicted octanol–water partition coefficient (Wildman–Crippen LogP) is 4.62. The molecule has 1 heterocycles. The van der Waals surface area contributed by atoms with Crippen molar-refractivity contribution in [3.05, 3.63) is 32.2 Å². The minimum Gasteiger partial charge on any atom is -0.306 e. The molecule has 102 valence electrons. The third kappa shape index (κ3) is 4.34. The van der Waals surface area contributed by atoms with Crippen LogP contribution in [0.25, 0.3) is 10.6 Å². The maximum Gasteiger partial charge on any atom is 0.149 e. The highest BCUT2D eigenvalue weighted by Crippen LogP contribution is 2.32. The summed E-state index contributed by atoms with van der Waals surface area (Å²) in [7, 11) is 0. The smallest absolute Gasteiger partial charge is 0.149 e. The van der Waals surface area contributed by atoms with Crippen LogP contribution in [0.2, 0.25) is 0 Å². The number of benzene rings is 1. The van der Waals surface area contributed by atoms with Crippen molar-refractivity contribution in [2.45, 2.75) is 32.9 Å². The highest BCUT2D eigenvalue weighted by molar-refractivity contribution is 9.11. The lowest BCUT2D eigenvalue weighted by atomic mass is 10.1. The maximum atomic E-state index is 4.27. The molecule has 0 aliphatic rings. The summed E-state index contributed by atoms with van der Waals surface area (Å²) >= 11 is 8.64. The second kappa shape index (κ2) is 5.99. The van der Waals surface area contributed by atoms with Gasteiger partial charge in [-0.2, -0.15) is 0 Å². The van der Waals surface area contributed by atoms with E-state index in [0.717, 1.165) is 31.1 Å². The van der Waals surface area contributed by atoms with E-state index < -0.39 is 0 Å². The van der Waals surface area contributed by atoms with Gasteiger partial charge in [0.1, 0.15) is 10.0 Å². The van der Waals surface area contributed by atoms with Crippen molar-refractivity contribution in [2.24, 2.45) is 0 Å². The Morgan fingerprint density at radius 3 is 2.63 bits per heavy atom. The number of rotatable bonds is 3. The standard InChI is InChI=1S/C13H15Br2N3S/c1-13(2,3)16-7-11-17-18-12(19-11)9-6-8(14)4-5-10(9)15/h4-6,16H,7H2,1-3H3. The SMILES string of the molecule is CC(C)(C)NCc1nnc(-c2cc(Br)ccc2Br)s1. The first kappa shape index (κ1) is 15.1. The molecule has 1 aromatic heterocycles. The molecular formula is C13H15Br2N3S. The van der Waals surface area contributed by atoms with E-state index in [1.807, 2.05) is 18.2 Å². The van der Waals surface area contributed by atoms with E-state index in [-0.39, 0.29) is 5.54 Å². The molecule has 2 aromatic rings. The highest BCUT2D eigenvalue weighted by atomic mass is 79.9. The molecule has 0 aliphatic carbocycles. The zero-order valence-corrected chi connectivity index (χ0v) is 15.0. The predicted molar refractivity (Wildman–Crippen MR) is 87.3 cm³/mol. The monoisotopic (exact) mass is 403 g/mol. The summed E-state index contributed by atoms with van der Waals surface area (Å²) in [4.78, 5) is 0. The van der Waals surface area contributed by atoms with Gasteiger partial charge in [0.25, 0.3) is 0 Å². The Bertz CT molecular complexity index is 576. The fourth-order valence-corrected chi connectivity index (χ4v) is 3.17. The molecule has 0 saturated heterocycles. The molecule has 0 aliphatic heterocycles. The molecule has 0 fully saturated rings. The van der Waals surface area contributed by atoms with Crippen LogP contribution in [0.15, 0.2) is 27.1 Å². The van der Waals surface area contributed by atoms with Gasteiger partial charge in [0.05, 0.1) is 6.54 Å². The van der Waals surface area contributed by atoms with E-state index in [0.29, 0.717) is 0 Å². The second-order valence-corrected chi connectivity index (χ2v) is 8.06. The van der Waals surface area contributed by atoms with E-state index in [9.17, 15) is 0 Å². The van der Waals surface area contributed by atoms with Gasteiger partial charge in [-0.1, -0.05) is 43.2 Å². The van der Waals surface area contributed by atoms with E-state index in [1.165, 1.54) is 0 Å². The Balaban J connectivity index is 2.19. The minimum absolute atomic E-state index is 0.0855. The average Bonchev–Trinajstić information content (AvgIpc) is 2.77. The van der Waals surface area contributed by atoms with Gasteiger partial charge in [-0.15, -0.1) is 10.2 Å². The number of nitrogens with zero attached hydrogens (tertiary/aromatic N) is 2. The molecule has 19 heavy (non-hydrogen) atoms. The van der Waals surface area contributed by atoms with Crippen LogP contribution in [-0.4, -0.2) is 15.7 Å². The van der Waals surface area contributed by atoms with Crippen LogP contribution in [0.5, 0.6) is 0 Å². The Kier molecular flexibility index (Phi) is 4.76. The van der Waals surface area contributed by atoms with Gasteiger partial charge >= 0.3 is 0 Å². The first-order chi connectivity index (χ1) is 8.85. The van der Waals surface area contributed by atoms with Crippen molar-refractivity contribution in [1.82, 2.24) is 15.5 Å². The van der Waals surface area contributed by atoms with Gasteiger partial charge in [-0.3, -0.25) is 0 Å². The Hall–Kier alpha value is -0.300. The van der Waals surface area contributed by atoms with Gasteiger partial charge in [-0.05, 0) is 39.0 Å². The van der Waals surface area contributed by atoms with Crippen LogP contribution in [0.1, 0.15) is 25.8 Å². The summed E-state index contributed by atoms with van der Waals surface area (Å²) in [6.45, 7) is 7.16. The molecule has 0 unspecified atom stereocenters. The number of hydrogen-bond donors (Lipinski definition) is 1. The van der Waals surface area contributed by atoms with Crippen molar-refractivity contribution < 1.29 is 0 Å². The highest BCUT2D eigenvalue weighted by Gasteiger charge is 2.13. The van der Waals surface area contributed by atoms with Gasteiger partial charge < -0.3 is 5.32 Å². The fraction of sp³-hybridized carbons (Fsp3) is 0.385. The van der Waals surface area contributed by atoms with E-state index in [1.54, 1.807) is 11.3 Å². The third-order valence-electron chi connectivity index (χ3n) is 2.40. The molecule has 0 spiro atoms. The molecule has 2 rings (SSSR count). The van der Waals surface area contributed by atoms with Crippen LogP contribution in [0, 0.1) is 0 Å². The lowest BCUT2D eigenvalue weighted by molar-refractivity contribution is 0.423. The topological polar surface area (TPSA) is 37.8 Å². The van der Waals surface area contributed by atoms with Gasteiger partial charge in [0, 0.05) is 20.0 Å². The van der Waals surface area contributed by atoms with Crippen LogP contribution in [-0.2, 0) is 6.54 Å². The number of nitrogens with one attached hydrogen (secondary N) is 1. The summed E-state index contributed by atoms with van der Waals surface area (Å²) in [5, 5.41) is 13.8. The minimum atomic E-state index is 0.0855. The normalized spacial score (nSPS) is 11.8. The van der Waals surface area contributed by atoms with Gasteiger partial charge in [-0.25, -0.2) is 0 Å². The fourth-order valence-electron chi connectivity index (χ4n) is 1.44. The van der Waals surface area contributed by atoms with Crippen molar-refractivity contribution in [2.75, 3.05) is 0 Å². The second-order valence-electron chi connectivity index (χ2n) is 5.23. The Morgan fingerprint density at radius 2 is 1.95 bits per heavy atom. The largest absolute Gasteiger partial charge is 0.306 e. The molecule has 6 heteroatoms. The van der Waals surface area contributed by atoms with Crippen molar-refractivity contribution in [1.29, 1.82) is 0 Å². The number of hydrogen-bond acceptors (Lipinski definition) is 4. The average molecular weight is 405 g/mol. The molecule has 1 aromatic carbocycles. The third-order valence-corrected chi connectivity index (χ3v) is 4.54. The molecule has 0 bridgehead atoms. The lowest BCUT2D eigenvalue weighted by Gasteiger charge is -2.19. The lowest BCUT2D eigenvalue weighted by Crippen LogP contribution is -2.35. The molecule has 3 nitrogen and oxygen atoms in total. The quantitative estimate of drug-likeness (QED) is 0.810. The van der Waals surface area contributed by atoms with Gasteiger partial charge in [0.15, 0.2) is 0 Å². The number of halogens is 2. The summed E-state index contributed by atoms with van der Waals surface area (Å²) in [5.74, 6) is 0. The van der Waals surface area contributed by atoms with Gasteiger partial charge in [0.2, 0.25) is 0 Å². The van der Waals surface area contributed by atoms with Crippen LogP contribution >= 0.6 is 43.2 Å². The molecule has 1 N–H and O–H groups in total. The summed E-state index contributed by atoms with van der Waals surface area (Å²) < 4.78 is 2.07. The Morgan fingerprint density at radius 1 is 1.21 bits per heavy atom. The zero-order chi connectivity index (χ0) is 14.0. The molecular weight excluding hydrogens is 390 g/mol. The van der Waals surface area contributed by atoms with E-state index >= 15 is 0 Å². The first-order valence-electron chi connectivity index (χ1n) is 5.88. The summed E-state index contributed by atoms with van der Waals surface area (Å²) in [6, 6.07) is 6.05. The van der Waals surface area contributed by atoms with Crippen LogP contribution in [0.4, 0.5) is 0 Å². The number of aromatic nitrogens is 2. The van der Waals surface area contributed by atoms with E-state index in [4.69, 9.17) is 0 Å². The molecule has 0 radical (unpaired) electrons. The summed E-state index contributed by atoms with van der Waals surface area (Å²) in [5.41, 5.74) is 1.15. The van der Waals surface area contributed by atoms with Crippen LogP contribution < -0.4 is 5.32 Å². The zero-order valence-electron chi connectivity index (χ0n) is 11.0. The van der Waals surface area contributed by atoms with Crippen molar-refractivity contribution in [3.8, 4) is 10.6 Å². The van der Waals surface area contributed by atoms with Crippen LogP contribution in [0.3, 0.4) is 0 Å². The van der Waals surface area contributed by atoms with Crippen molar-refractivity contribution >= 4 is 43.2 Å². The molecule has 0 amide bonds.